The minimum atomic E-state index is -0.827. The maximum atomic E-state index is 12.6. The Hall–Kier alpha value is -1.65. The number of unbranched alkanes of at least 4 members (excludes halogenated alkanes) is 4. The van der Waals surface area contributed by atoms with Crippen molar-refractivity contribution >= 4 is 17.5 Å². The second-order valence-electron chi connectivity index (χ2n) is 7.80. The van der Waals surface area contributed by atoms with E-state index < -0.39 is 17.3 Å². The van der Waals surface area contributed by atoms with Gasteiger partial charge in [-0.05, 0) is 24.7 Å². The molecule has 0 saturated heterocycles. The number of methoxy groups -OCH3 is 1. The van der Waals surface area contributed by atoms with E-state index >= 15 is 0 Å². The zero-order chi connectivity index (χ0) is 19.7. The van der Waals surface area contributed by atoms with Crippen molar-refractivity contribution in [3.05, 3.63) is 11.3 Å². The van der Waals surface area contributed by atoms with Crippen molar-refractivity contribution in [3.63, 3.8) is 0 Å². The second kappa shape index (κ2) is 10.5. The van der Waals surface area contributed by atoms with Crippen LogP contribution in [0.1, 0.15) is 79.1 Å². The third kappa shape index (κ3) is 5.68. The Morgan fingerprint density at radius 3 is 2.38 bits per heavy atom. The quantitative estimate of drug-likeness (QED) is 0.446. The summed E-state index contributed by atoms with van der Waals surface area (Å²) in [4.78, 5) is 29.5. The first kappa shape index (κ1) is 22.4. The van der Waals surface area contributed by atoms with Crippen LogP contribution in [-0.2, 0) is 14.3 Å². The molecule has 0 aromatic carbocycles. The lowest BCUT2D eigenvalue weighted by molar-refractivity contribution is -0.149. The Balaban J connectivity index is 3.12. The van der Waals surface area contributed by atoms with Gasteiger partial charge in [0, 0.05) is 18.7 Å². The first-order chi connectivity index (χ1) is 12.3. The third-order valence-electron chi connectivity index (χ3n) is 4.98. The Kier molecular flexibility index (Phi) is 9.03. The number of aliphatic imine (C=N–C) groups is 1. The average molecular weight is 366 g/mol. The average Bonchev–Trinajstić information content (AvgIpc) is 2.56. The fraction of sp³-hybridized carbons (Fsp3) is 0.762. The van der Waals surface area contributed by atoms with Crippen molar-refractivity contribution in [1.82, 2.24) is 0 Å². The number of ketones is 1. The highest BCUT2D eigenvalue weighted by molar-refractivity contribution is 6.24. The summed E-state index contributed by atoms with van der Waals surface area (Å²) < 4.78 is 4.87. The molecule has 0 amide bonds. The van der Waals surface area contributed by atoms with E-state index in [4.69, 9.17) is 4.74 Å². The van der Waals surface area contributed by atoms with Gasteiger partial charge in [0.25, 0.3) is 0 Å². The Morgan fingerprint density at radius 2 is 1.81 bits per heavy atom. The Bertz CT molecular complexity index is 560. The van der Waals surface area contributed by atoms with E-state index in [1.807, 2.05) is 20.8 Å². The van der Waals surface area contributed by atoms with E-state index in [1.165, 1.54) is 26.4 Å². The molecule has 0 aliphatic heterocycles. The number of ether oxygens (including phenoxy) is 1. The summed E-state index contributed by atoms with van der Waals surface area (Å²) in [7, 11) is 1.30. The zero-order valence-corrected chi connectivity index (χ0v) is 17.1. The van der Waals surface area contributed by atoms with E-state index in [-0.39, 0.29) is 17.1 Å². The predicted molar refractivity (Wildman–Crippen MR) is 105 cm³/mol. The SMILES string of the molecule is CCCCCCCN=C1CC(C)(C)[C@@H](C(=O)OC)C(O)=C1C(=O)CCC. The van der Waals surface area contributed by atoms with Gasteiger partial charge in [-0.3, -0.25) is 14.6 Å². The smallest absolute Gasteiger partial charge is 0.316 e. The number of rotatable bonds is 10. The highest BCUT2D eigenvalue weighted by Gasteiger charge is 2.47. The molecule has 5 nitrogen and oxygen atoms in total. The van der Waals surface area contributed by atoms with Gasteiger partial charge in [-0.1, -0.05) is 53.4 Å². The number of hydrogen-bond acceptors (Lipinski definition) is 5. The molecular formula is C21H35NO4. The van der Waals surface area contributed by atoms with Crippen LogP contribution in [0.4, 0.5) is 0 Å². The van der Waals surface area contributed by atoms with Crippen LogP contribution in [0.3, 0.4) is 0 Å². The molecule has 1 N–H and O–H groups in total. The molecule has 1 rings (SSSR count). The van der Waals surface area contributed by atoms with Crippen LogP contribution >= 0.6 is 0 Å². The number of carbonyl (C=O) groups excluding carboxylic acids is 2. The van der Waals surface area contributed by atoms with Crippen LogP contribution in [0.25, 0.3) is 0 Å². The minimum Gasteiger partial charge on any atom is -0.511 e. The highest BCUT2D eigenvalue weighted by atomic mass is 16.5. The van der Waals surface area contributed by atoms with Crippen LogP contribution in [0.15, 0.2) is 16.3 Å². The van der Waals surface area contributed by atoms with Crippen LogP contribution in [0.5, 0.6) is 0 Å². The maximum Gasteiger partial charge on any atom is 0.316 e. The number of aliphatic hydroxyl groups is 1. The zero-order valence-electron chi connectivity index (χ0n) is 17.1. The lowest BCUT2D eigenvalue weighted by Crippen LogP contribution is -2.42. The van der Waals surface area contributed by atoms with E-state index in [9.17, 15) is 14.7 Å². The molecule has 0 fully saturated rings. The Morgan fingerprint density at radius 1 is 1.15 bits per heavy atom. The van der Waals surface area contributed by atoms with Crippen LogP contribution in [-0.4, -0.2) is 36.2 Å². The van der Waals surface area contributed by atoms with E-state index in [0.717, 1.165) is 12.8 Å². The molecule has 0 unspecified atom stereocenters. The van der Waals surface area contributed by atoms with Gasteiger partial charge >= 0.3 is 5.97 Å². The molecule has 0 aromatic heterocycles. The summed E-state index contributed by atoms with van der Waals surface area (Å²) in [5, 5.41) is 10.8. The van der Waals surface area contributed by atoms with Gasteiger partial charge in [0.15, 0.2) is 5.78 Å². The topological polar surface area (TPSA) is 76.0 Å². The molecule has 148 valence electrons. The molecule has 26 heavy (non-hydrogen) atoms. The summed E-state index contributed by atoms with van der Waals surface area (Å²) in [6.07, 6.45) is 7.22. The van der Waals surface area contributed by atoms with E-state index in [1.54, 1.807) is 0 Å². The van der Waals surface area contributed by atoms with Gasteiger partial charge in [0.05, 0.1) is 12.7 Å². The Labute approximate surface area is 157 Å². The molecule has 0 bridgehead atoms. The first-order valence-electron chi connectivity index (χ1n) is 9.87. The fourth-order valence-electron chi connectivity index (χ4n) is 3.55. The number of carbonyl (C=O) groups is 2. The molecule has 1 atom stereocenters. The van der Waals surface area contributed by atoms with Gasteiger partial charge < -0.3 is 9.84 Å². The molecule has 5 heteroatoms. The molecule has 0 radical (unpaired) electrons. The molecule has 0 spiro atoms. The number of hydrogen-bond donors (Lipinski definition) is 1. The van der Waals surface area contributed by atoms with Crippen LogP contribution in [0.2, 0.25) is 0 Å². The maximum absolute atomic E-state index is 12.6. The highest BCUT2D eigenvalue weighted by Crippen LogP contribution is 2.43. The number of Topliss-reactive ketones (excluding diaryl/α,β-unsaturated/α-hetero) is 1. The molecular weight excluding hydrogens is 330 g/mol. The normalized spacial score (nSPS) is 21.1. The van der Waals surface area contributed by atoms with Crippen molar-refractivity contribution < 1.29 is 19.4 Å². The summed E-state index contributed by atoms with van der Waals surface area (Å²) in [5.41, 5.74) is 0.338. The molecule has 0 aromatic rings. The first-order valence-corrected chi connectivity index (χ1v) is 9.87. The van der Waals surface area contributed by atoms with Crippen molar-refractivity contribution in [2.45, 2.75) is 79.1 Å². The fourth-order valence-corrected chi connectivity index (χ4v) is 3.55. The van der Waals surface area contributed by atoms with E-state index in [2.05, 4.69) is 11.9 Å². The lowest BCUT2D eigenvalue weighted by Gasteiger charge is -2.37. The molecule has 1 aliphatic rings. The lowest BCUT2D eigenvalue weighted by atomic mass is 9.67. The van der Waals surface area contributed by atoms with Gasteiger partial charge in [-0.25, -0.2) is 0 Å². The van der Waals surface area contributed by atoms with Crippen LogP contribution in [0, 0.1) is 11.3 Å². The van der Waals surface area contributed by atoms with Gasteiger partial charge in [0.2, 0.25) is 0 Å². The summed E-state index contributed by atoms with van der Waals surface area (Å²) in [5.74, 6) is -1.64. The summed E-state index contributed by atoms with van der Waals surface area (Å²) >= 11 is 0. The molecule has 0 saturated carbocycles. The van der Waals surface area contributed by atoms with Gasteiger partial charge in [-0.2, -0.15) is 0 Å². The van der Waals surface area contributed by atoms with Crippen molar-refractivity contribution in [2.24, 2.45) is 16.3 Å². The van der Waals surface area contributed by atoms with Gasteiger partial charge in [0.1, 0.15) is 11.7 Å². The number of allylic oxidation sites excluding steroid dienone is 1. The monoisotopic (exact) mass is 365 g/mol. The molecule has 1 aliphatic carbocycles. The number of esters is 1. The second-order valence-corrected chi connectivity index (χ2v) is 7.80. The summed E-state index contributed by atoms with van der Waals surface area (Å²) in [6, 6.07) is 0. The predicted octanol–water partition coefficient (Wildman–Crippen LogP) is 4.80. The summed E-state index contributed by atoms with van der Waals surface area (Å²) in [6.45, 7) is 8.56. The largest absolute Gasteiger partial charge is 0.511 e. The third-order valence-corrected chi connectivity index (χ3v) is 4.98. The minimum absolute atomic E-state index is 0.140. The molecule has 0 heterocycles. The van der Waals surface area contributed by atoms with Gasteiger partial charge in [-0.15, -0.1) is 0 Å². The van der Waals surface area contributed by atoms with Crippen LogP contribution < -0.4 is 0 Å². The van der Waals surface area contributed by atoms with Crippen molar-refractivity contribution in [3.8, 4) is 0 Å². The van der Waals surface area contributed by atoms with E-state index in [0.29, 0.717) is 31.5 Å². The number of aliphatic hydroxyl groups excluding tert-OH is 1. The standard InChI is InChI=1S/C21H35NO4/c1-6-8-9-10-11-13-22-15-14-21(3,4)18(20(25)26-5)19(24)17(15)16(23)12-7-2/h18,24H,6-14H2,1-5H3/t18-/m1/s1. The number of nitrogens with zero attached hydrogens (tertiary/aromatic N) is 1. The van der Waals surface area contributed by atoms with Crippen molar-refractivity contribution in [2.75, 3.05) is 13.7 Å². The van der Waals surface area contributed by atoms with Crippen molar-refractivity contribution in [1.29, 1.82) is 0 Å².